The molecule has 8 heteroatoms. The van der Waals surface area contributed by atoms with Crippen LogP contribution in [0.1, 0.15) is 36.0 Å². The summed E-state index contributed by atoms with van der Waals surface area (Å²) in [7, 11) is 0. The Morgan fingerprint density at radius 1 is 1.00 bits per heavy atom. The summed E-state index contributed by atoms with van der Waals surface area (Å²) < 4.78 is 27.2. The summed E-state index contributed by atoms with van der Waals surface area (Å²) in [6.45, 7) is 3.46. The van der Waals surface area contributed by atoms with Gasteiger partial charge in [0.2, 0.25) is 0 Å². The van der Waals surface area contributed by atoms with Crippen molar-refractivity contribution in [3.05, 3.63) is 71.7 Å². The highest BCUT2D eigenvalue weighted by molar-refractivity contribution is 5.85. The van der Waals surface area contributed by atoms with E-state index in [-0.39, 0.29) is 28.6 Å². The molecule has 0 spiro atoms. The molecule has 0 atom stereocenters. The Labute approximate surface area is 147 Å². The molecule has 0 aliphatic rings. The number of halogens is 2. The summed E-state index contributed by atoms with van der Waals surface area (Å²) in [5, 5.41) is 9.10. The van der Waals surface area contributed by atoms with Gasteiger partial charge in [0.25, 0.3) is 0 Å². The predicted octanol–water partition coefficient (Wildman–Crippen LogP) is 3.24. The van der Waals surface area contributed by atoms with Crippen LogP contribution in [-0.2, 0) is 5.41 Å². The Morgan fingerprint density at radius 2 is 1.65 bits per heavy atom. The average Bonchev–Trinajstić information content (AvgIpc) is 2.62. The number of aromatic carboxylic acids is 1. The maximum absolute atomic E-state index is 14.0. The average molecular weight is 356 g/mol. The Hall–Kier alpha value is -3.29. The number of hydrogen-bond acceptors (Lipinski definition) is 5. The number of aromatic nitrogens is 4. The van der Waals surface area contributed by atoms with Crippen molar-refractivity contribution in [2.24, 2.45) is 0 Å². The molecule has 0 radical (unpaired) electrons. The van der Waals surface area contributed by atoms with E-state index in [1.165, 1.54) is 30.6 Å². The molecule has 0 unspecified atom stereocenters. The third-order valence-electron chi connectivity index (χ3n) is 3.86. The van der Waals surface area contributed by atoms with Gasteiger partial charge in [-0.2, -0.15) is 0 Å². The van der Waals surface area contributed by atoms with Crippen molar-refractivity contribution in [3.63, 3.8) is 0 Å². The van der Waals surface area contributed by atoms with Gasteiger partial charge in [-0.25, -0.2) is 33.5 Å². The zero-order valence-electron chi connectivity index (χ0n) is 13.9. The van der Waals surface area contributed by atoms with Gasteiger partial charge in [0, 0.05) is 24.0 Å². The molecule has 26 heavy (non-hydrogen) atoms. The molecule has 0 saturated carbocycles. The van der Waals surface area contributed by atoms with Crippen molar-refractivity contribution in [2.45, 2.75) is 19.3 Å². The van der Waals surface area contributed by atoms with Crippen LogP contribution in [0.4, 0.5) is 8.78 Å². The van der Waals surface area contributed by atoms with Gasteiger partial charge in [-0.15, -0.1) is 0 Å². The molecule has 2 aromatic heterocycles. The fraction of sp³-hybridized carbons (Fsp3) is 0.167. The lowest BCUT2D eigenvalue weighted by Crippen LogP contribution is -2.26. The SMILES string of the molecule is CC(C)(c1nccc(C(=O)O)n1)c1nccc(-c2ccc(F)cc2F)n1. The molecule has 2 heterocycles. The number of carbonyl (C=O) groups is 1. The molecule has 0 amide bonds. The van der Waals surface area contributed by atoms with E-state index < -0.39 is 23.0 Å². The van der Waals surface area contributed by atoms with E-state index in [2.05, 4.69) is 19.9 Å². The summed E-state index contributed by atoms with van der Waals surface area (Å²) in [5.74, 6) is -2.10. The van der Waals surface area contributed by atoms with Crippen LogP contribution in [0.2, 0.25) is 0 Å². The smallest absolute Gasteiger partial charge is 0.354 e. The van der Waals surface area contributed by atoms with E-state index in [0.717, 1.165) is 12.1 Å². The lowest BCUT2D eigenvalue weighted by Gasteiger charge is -2.21. The fourth-order valence-electron chi connectivity index (χ4n) is 2.39. The molecule has 132 valence electrons. The molecule has 0 aliphatic carbocycles. The number of benzene rings is 1. The van der Waals surface area contributed by atoms with E-state index in [0.29, 0.717) is 0 Å². The van der Waals surface area contributed by atoms with Crippen molar-refractivity contribution in [2.75, 3.05) is 0 Å². The van der Waals surface area contributed by atoms with Gasteiger partial charge < -0.3 is 5.11 Å². The molecule has 0 bridgehead atoms. The van der Waals surface area contributed by atoms with Gasteiger partial charge >= 0.3 is 5.97 Å². The number of hydrogen-bond donors (Lipinski definition) is 1. The first-order chi connectivity index (χ1) is 12.3. The fourth-order valence-corrected chi connectivity index (χ4v) is 2.39. The van der Waals surface area contributed by atoms with E-state index in [1.807, 2.05) is 0 Å². The molecule has 1 N–H and O–H groups in total. The number of rotatable bonds is 4. The minimum absolute atomic E-state index is 0.131. The maximum atomic E-state index is 14.0. The van der Waals surface area contributed by atoms with Crippen LogP contribution >= 0.6 is 0 Å². The summed E-state index contributed by atoms with van der Waals surface area (Å²) in [4.78, 5) is 27.8. The lowest BCUT2D eigenvalue weighted by molar-refractivity contribution is 0.0689. The van der Waals surface area contributed by atoms with Crippen molar-refractivity contribution in [1.82, 2.24) is 19.9 Å². The van der Waals surface area contributed by atoms with Gasteiger partial charge in [-0.3, -0.25) is 0 Å². The van der Waals surface area contributed by atoms with E-state index >= 15 is 0 Å². The first-order valence-electron chi connectivity index (χ1n) is 7.65. The standard InChI is InChI=1S/C18H14F2N4O2/c1-18(2,17-22-8-6-14(24-17)15(25)26)16-21-7-5-13(23-16)11-4-3-10(19)9-12(11)20/h3-9H,1-2H3,(H,25,26). The lowest BCUT2D eigenvalue weighted by atomic mass is 9.90. The van der Waals surface area contributed by atoms with Crippen LogP contribution in [0.15, 0.2) is 42.7 Å². The van der Waals surface area contributed by atoms with E-state index in [4.69, 9.17) is 5.11 Å². The number of carboxylic acid groups (broad SMARTS) is 1. The molecule has 1 aromatic carbocycles. The topological polar surface area (TPSA) is 88.9 Å². The highest BCUT2D eigenvalue weighted by atomic mass is 19.1. The summed E-state index contributed by atoms with van der Waals surface area (Å²) in [6.07, 6.45) is 2.79. The van der Waals surface area contributed by atoms with Crippen molar-refractivity contribution in [3.8, 4) is 11.3 Å². The van der Waals surface area contributed by atoms with Crippen molar-refractivity contribution >= 4 is 5.97 Å². The zero-order valence-corrected chi connectivity index (χ0v) is 13.9. The second-order valence-corrected chi connectivity index (χ2v) is 6.09. The second-order valence-electron chi connectivity index (χ2n) is 6.09. The largest absolute Gasteiger partial charge is 0.477 e. The molecule has 3 rings (SSSR count). The van der Waals surface area contributed by atoms with E-state index in [9.17, 15) is 13.6 Å². The molecular formula is C18H14F2N4O2. The third-order valence-corrected chi connectivity index (χ3v) is 3.86. The van der Waals surface area contributed by atoms with Gasteiger partial charge in [0.05, 0.1) is 11.1 Å². The molecular weight excluding hydrogens is 342 g/mol. The monoisotopic (exact) mass is 356 g/mol. The normalized spacial score (nSPS) is 11.4. The molecule has 3 aromatic rings. The molecule has 0 saturated heterocycles. The minimum Gasteiger partial charge on any atom is -0.477 e. The van der Waals surface area contributed by atoms with Gasteiger partial charge in [-0.05, 0) is 38.1 Å². The summed E-state index contributed by atoms with van der Waals surface area (Å²) >= 11 is 0. The van der Waals surface area contributed by atoms with Crippen molar-refractivity contribution in [1.29, 1.82) is 0 Å². The number of nitrogens with zero attached hydrogens (tertiary/aromatic N) is 4. The highest BCUT2D eigenvalue weighted by Crippen LogP contribution is 2.28. The van der Waals surface area contributed by atoms with Crippen molar-refractivity contribution < 1.29 is 18.7 Å². The van der Waals surface area contributed by atoms with E-state index in [1.54, 1.807) is 13.8 Å². The van der Waals surface area contributed by atoms with Crippen LogP contribution in [0.25, 0.3) is 11.3 Å². The number of carboxylic acids is 1. The molecule has 0 fully saturated rings. The van der Waals surface area contributed by atoms with Crippen LogP contribution in [0.5, 0.6) is 0 Å². The highest BCUT2D eigenvalue weighted by Gasteiger charge is 2.31. The van der Waals surface area contributed by atoms with Crippen LogP contribution < -0.4 is 0 Å². The molecule has 0 aliphatic heterocycles. The first kappa shape index (κ1) is 17.5. The Bertz CT molecular complexity index is 992. The first-order valence-corrected chi connectivity index (χ1v) is 7.65. The van der Waals surface area contributed by atoms with Crippen LogP contribution in [0, 0.1) is 11.6 Å². The van der Waals surface area contributed by atoms with Gasteiger partial charge in [0.15, 0.2) is 5.69 Å². The minimum atomic E-state index is -1.17. The Morgan fingerprint density at radius 3 is 2.31 bits per heavy atom. The van der Waals surface area contributed by atoms with Gasteiger partial charge in [0.1, 0.15) is 23.3 Å². The quantitative estimate of drug-likeness (QED) is 0.772. The van der Waals surface area contributed by atoms with Crippen LogP contribution in [-0.4, -0.2) is 31.0 Å². The third kappa shape index (κ3) is 3.26. The maximum Gasteiger partial charge on any atom is 0.354 e. The Balaban J connectivity index is 2.06. The molecule has 6 nitrogen and oxygen atoms in total. The predicted molar refractivity (Wildman–Crippen MR) is 88.5 cm³/mol. The summed E-state index contributed by atoms with van der Waals surface area (Å²) in [5.41, 5.74) is -0.678. The zero-order chi connectivity index (χ0) is 18.9. The second kappa shape index (κ2) is 6.55. The van der Waals surface area contributed by atoms with Crippen LogP contribution in [0.3, 0.4) is 0 Å². The van der Waals surface area contributed by atoms with Gasteiger partial charge in [-0.1, -0.05) is 0 Å². The Kier molecular flexibility index (Phi) is 4.41. The summed E-state index contributed by atoms with van der Waals surface area (Å²) in [6, 6.07) is 6.01.